The molecule has 136 valence electrons. The van der Waals surface area contributed by atoms with Crippen molar-refractivity contribution < 1.29 is 14.7 Å². The van der Waals surface area contributed by atoms with Gasteiger partial charge in [-0.25, -0.2) is 4.98 Å². The smallest absolute Gasteiger partial charge is 0.307 e. The highest BCUT2D eigenvalue weighted by atomic mass is 32.1. The van der Waals surface area contributed by atoms with E-state index >= 15 is 0 Å². The third-order valence-corrected chi connectivity index (χ3v) is 5.64. The lowest BCUT2D eigenvalue weighted by molar-refractivity contribution is -0.146. The van der Waals surface area contributed by atoms with Crippen molar-refractivity contribution >= 4 is 28.3 Å². The van der Waals surface area contributed by atoms with E-state index in [1.165, 1.54) is 16.9 Å². The van der Waals surface area contributed by atoms with Crippen LogP contribution in [0.25, 0.3) is 11.3 Å². The van der Waals surface area contributed by atoms with E-state index in [2.05, 4.69) is 16.4 Å². The molecule has 0 radical (unpaired) electrons. The van der Waals surface area contributed by atoms with Crippen LogP contribution in [0.2, 0.25) is 0 Å². The number of nitrogens with one attached hydrogen (secondary N) is 1. The fourth-order valence-corrected chi connectivity index (χ4v) is 4.18. The summed E-state index contributed by atoms with van der Waals surface area (Å²) >= 11 is 1.42. The van der Waals surface area contributed by atoms with Gasteiger partial charge in [0.2, 0.25) is 5.91 Å². The van der Waals surface area contributed by atoms with Crippen LogP contribution in [0.1, 0.15) is 28.8 Å². The van der Waals surface area contributed by atoms with E-state index in [1.54, 1.807) is 0 Å². The molecule has 5 nitrogen and oxygen atoms in total. The van der Waals surface area contributed by atoms with Gasteiger partial charge in [-0.05, 0) is 39.2 Å². The van der Waals surface area contributed by atoms with Crippen molar-refractivity contribution in [2.45, 2.75) is 33.6 Å². The molecule has 6 heteroatoms. The van der Waals surface area contributed by atoms with E-state index in [4.69, 9.17) is 0 Å². The minimum absolute atomic E-state index is 0.275. The molecular formula is C20H22N2O3S. The molecule has 1 aromatic carbocycles. The first kappa shape index (κ1) is 18.3. The number of carboxylic acid groups (broad SMARTS) is 1. The van der Waals surface area contributed by atoms with E-state index in [9.17, 15) is 14.7 Å². The van der Waals surface area contributed by atoms with Crippen LogP contribution in [0, 0.1) is 32.6 Å². The van der Waals surface area contributed by atoms with Gasteiger partial charge >= 0.3 is 5.97 Å². The number of amides is 1. The molecule has 2 aromatic rings. The lowest BCUT2D eigenvalue weighted by Crippen LogP contribution is -2.34. The molecule has 1 heterocycles. The van der Waals surface area contributed by atoms with Crippen molar-refractivity contribution in [1.82, 2.24) is 4.98 Å². The van der Waals surface area contributed by atoms with E-state index in [0.717, 1.165) is 21.7 Å². The van der Waals surface area contributed by atoms with Gasteiger partial charge in [0.25, 0.3) is 0 Å². The van der Waals surface area contributed by atoms with Crippen LogP contribution in [0.3, 0.4) is 0 Å². The molecule has 0 aliphatic heterocycles. The Kier molecular flexibility index (Phi) is 5.23. The third kappa shape index (κ3) is 3.70. The Balaban J connectivity index is 1.82. The van der Waals surface area contributed by atoms with Crippen molar-refractivity contribution in [2.75, 3.05) is 5.32 Å². The number of rotatable bonds is 4. The molecule has 0 spiro atoms. The van der Waals surface area contributed by atoms with Crippen molar-refractivity contribution in [2.24, 2.45) is 11.8 Å². The van der Waals surface area contributed by atoms with Gasteiger partial charge in [-0.2, -0.15) is 0 Å². The molecule has 2 atom stereocenters. The number of allylic oxidation sites excluding steroid dienone is 2. The maximum Gasteiger partial charge on any atom is 0.307 e. The fourth-order valence-electron chi connectivity index (χ4n) is 3.35. The van der Waals surface area contributed by atoms with Gasteiger partial charge in [0, 0.05) is 10.4 Å². The van der Waals surface area contributed by atoms with E-state index in [0.29, 0.717) is 18.0 Å². The first-order valence-electron chi connectivity index (χ1n) is 8.60. The molecule has 1 aliphatic rings. The minimum atomic E-state index is -0.930. The Hall–Kier alpha value is -2.47. The molecule has 0 fully saturated rings. The number of aryl methyl sites for hydroxylation is 3. The maximum atomic E-state index is 12.6. The summed E-state index contributed by atoms with van der Waals surface area (Å²) in [6, 6.07) is 6.20. The lowest BCUT2D eigenvalue weighted by Gasteiger charge is -2.23. The number of aliphatic carboxylic acids is 1. The van der Waals surface area contributed by atoms with Gasteiger partial charge in [-0.3, -0.25) is 9.59 Å². The van der Waals surface area contributed by atoms with Crippen LogP contribution in [0.15, 0.2) is 30.4 Å². The van der Waals surface area contributed by atoms with Crippen LogP contribution in [0.5, 0.6) is 0 Å². The van der Waals surface area contributed by atoms with E-state index < -0.39 is 17.8 Å². The Labute approximate surface area is 156 Å². The summed E-state index contributed by atoms with van der Waals surface area (Å²) < 4.78 is 0. The predicted octanol–water partition coefficient (Wildman–Crippen LogP) is 4.34. The standard InChI is InChI=1S/C20H22N2O3S/c1-11-8-9-14(12(2)10-11)17-13(3)26-20(21-17)22-18(23)15-6-4-5-7-16(15)19(24)25/h4-5,8-10,15-16H,6-7H2,1-3H3,(H,24,25)(H,21,22,23). The predicted molar refractivity (Wildman–Crippen MR) is 103 cm³/mol. The zero-order valence-corrected chi connectivity index (χ0v) is 15.9. The van der Waals surface area contributed by atoms with Crippen molar-refractivity contribution in [3.8, 4) is 11.3 Å². The average Bonchev–Trinajstić information content (AvgIpc) is 2.94. The highest BCUT2D eigenvalue weighted by Gasteiger charge is 2.34. The van der Waals surface area contributed by atoms with Crippen LogP contribution >= 0.6 is 11.3 Å². The monoisotopic (exact) mass is 370 g/mol. The number of thiazole rings is 1. The molecule has 26 heavy (non-hydrogen) atoms. The molecule has 0 bridgehead atoms. The molecule has 2 N–H and O–H groups in total. The number of carbonyl (C=O) groups is 2. The minimum Gasteiger partial charge on any atom is -0.481 e. The Morgan fingerprint density at radius 2 is 1.85 bits per heavy atom. The van der Waals surface area contributed by atoms with Gasteiger partial charge in [0.15, 0.2) is 5.13 Å². The quantitative estimate of drug-likeness (QED) is 0.785. The maximum absolute atomic E-state index is 12.6. The van der Waals surface area contributed by atoms with Crippen LogP contribution in [-0.4, -0.2) is 22.0 Å². The number of carboxylic acids is 1. The molecule has 2 unspecified atom stereocenters. The topological polar surface area (TPSA) is 79.3 Å². The van der Waals surface area contributed by atoms with E-state index in [-0.39, 0.29) is 5.91 Å². The summed E-state index contributed by atoms with van der Waals surface area (Å²) in [6.07, 6.45) is 4.53. The summed E-state index contributed by atoms with van der Waals surface area (Å²) in [5, 5.41) is 12.7. The van der Waals surface area contributed by atoms with E-state index in [1.807, 2.05) is 45.1 Å². The molecule has 1 aliphatic carbocycles. The van der Waals surface area contributed by atoms with Gasteiger partial charge in [0.1, 0.15) is 0 Å². The summed E-state index contributed by atoms with van der Waals surface area (Å²) in [7, 11) is 0. The van der Waals surface area contributed by atoms with Gasteiger partial charge in [-0.15, -0.1) is 11.3 Å². The fraction of sp³-hybridized carbons (Fsp3) is 0.350. The van der Waals surface area contributed by atoms with Crippen molar-refractivity contribution in [3.63, 3.8) is 0 Å². The molecule has 0 saturated carbocycles. The second-order valence-corrected chi connectivity index (χ2v) is 7.93. The molecule has 3 rings (SSSR count). The number of benzene rings is 1. The van der Waals surface area contributed by atoms with Crippen molar-refractivity contribution in [1.29, 1.82) is 0 Å². The first-order valence-corrected chi connectivity index (χ1v) is 9.42. The summed E-state index contributed by atoms with van der Waals surface area (Å²) in [4.78, 5) is 29.6. The molecular weight excluding hydrogens is 348 g/mol. The highest BCUT2D eigenvalue weighted by Crippen LogP contribution is 2.34. The first-order chi connectivity index (χ1) is 12.4. The number of hydrogen-bond donors (Lipinski definition) is 2. The van der Waals surface area contributed by atoms with Crippen molar-refractivity contribution in [3.05, 3.63) is 46.4 Å². The second kappa shape index (κ2) is 7.41. The molecule has 1 aromatic heterocycles. The van der Waals surface area contributed by atoms with Crippen LogP contribution < -0.4 is 5.32 Å². The highest BCUT2D eigenvalue weighted by molar-refractivity contribution is 7.16. The number of aromatic nitrogens is 1. The zero-order chi connectivity index (χ0) is 18.8. The number of carbonyl (C=O) groups excluding carboxylic acids is 1. The second-order valence-electron chi connectivity index (χ2n) is 6.73. The summed E-state index contributed by atoms with van der Waals surface area (Å²) in [6.45, 7) is 6.07. The Morgan fingerprint density at radius 1 is 1.15 bits per heavy atom. The lowest BCUT2D eigenvalue weighted by atomic mass is 9.82. The Morgan fingerprint density at radius 3 is 2.50 bits per heavy atom. The normalized spacial score (nSPS) is 19.3. The van der Waals surface area contributed by atoms with Crippen LogP contribution in [0.4, 0.5) is 5.13 Å². The molecule has 1 amide bonds. The number of nitrogens with zero attached hydrogens (tertiary/aromatic N) is 1. The van der Waals surface area contributed by atoms with Gasteiger partial charge in [0.05, 0.1) is 17.5 Å². The largest absolute Gasteiger partial charge is 0.481 e. The summed E-state index contributed by atoms with van der Waals surface area (Å²) in [5.41, 5.74) is 4.24. The van der Waals surface area contributed by atoms with Crippen LogP contribution in [-0.2, 0) is 9.59 Å². The Bertz CT molecular complexity index is 885. The average molecular weight is 370 g/mol. The summed E-state index contributed by atoms with van der Waals surface area (Å²) in [5.74, 6) is -2.45. The SMILES string of the molecule is Cc1ccc(-c2nc(NC(=O)C3CC=CCC3C(=O)O)sc2C)c(C)c1. The number of anilines is 1. The molecule has 0 saturated heterocycles. The number of hydrogen-bond acceptors (Lipinski definition) is 4. The zero-order valence-electron chi connectivity index (χ0n) is 15.1. The third-order valence-electron chi connectivity index (χ3n) is 4.75. The van der Waals surface area contributed by atoms with Gasteiger partial charge < -0.3 is 10.4 Å². The van der Waals surface area contributed by atoms with Gasteiger partial charge in [-0.1, -0.05) is 35.9 Å².